The number of rotatable bonds is 8. The zero-order chi connectivity index (χ0) is 28.3. The van der Waals surface area contributed by atoms with Crippen LogP contribution < -0.4 is 9.47 Å². The first kappa shape index (κ1) is 27.5. The third-order valence-electron chi connectivity index (χ3n) is 8.21. The van der Waals surface area contributed by atoms with Crippen LogP contribution >= 0.6 is 15.9 Å². The van der Waals surface area contributed by atoms with Gasteiger partial charge in [-0.05, 0) is 61.9 Å². The number of hydrogen-bond donors (Lipinski definition) is 0. The average Bonchev–Trinajstić information content (AvgIpc) is 2.98. The smallest absolute Gasteiger partial charge is 0.161 e. The Morgan fingerprint density at radius 2 is 1.44 bits per heavy atom. The number of halogens is 1. The number of allylic oxidation sites excluding steroid dienone is 4. The van der Waals surface area contributed by atoms with Crippen LogP contribution in [-0.2, 0) is 22.7 Å². The van der Waals surface area contributed by atoms with Crippen molar-refractivity contribution in [2.45, 2.75) is 64.5 Å². The van der Waals surface area contributed by atoms with Crippen molar-refractivity contribution in [3.05, 3.63) is 116 Å². The number of hydrogen-bond acceptors (Lipinski definition) is 5. The maximum atomic E-state index is 13.7. The maximum absolute atomic E-state index is 13.7. The van der Waals surface area contributed by atoms with E-state index in [0.717, 1.165) is 63.8 Å². The lowest BCUT2D eigenvalue weighted by Crippen LogP contribution is -2.38. The molecule has 0 bridgehead atoms. The molecular formula is C35H34BrNO4. The van der Waals surface area contributed by atoms with Crippen molar-refractivity contribution in [3.63, 3.8) is 0 Å². The van der Waals surface area contributed by atoms with Crippen LogP contribution in [0.25, 0.3) is 0 Å². The highest BCUT2D eigenvalue weighted by Crippen LogP contribution is 2.50. The van der Waals surface area contributed by atoms with Gasteiger partial charge >= 0.3 is 0 Å². The van der Waals surface area contributed by atoms with Crippen LogP contribution in [0.4, 0.5) is 0 Å². The number of carbonyl (C=O) groups excluding carboxylic acids is 2. The molecule has 3 aromatic rings. The molecule has 210 valence electrons. The Morgan fingerprint density at radius 3 is 2.10 bits per heavy atom. The van der Waals surface area contributed by atoms with Gasteiger partial charge < -0.3 is 14.4 Å². The SMILES string of the molecule is CCOc1cc(C2C3=C(CCCC3=O)N(Cc3ccccc3)C3=C2C(=O)CCC3)ccc1OCc1ccccc1Br. The second kappa shape index (κ2) is 12.1. The van der Waals surface area contributed by atoms with Crippen LogP contribution in [-0.4, -0.2) is 23.1 Å². The Bertz CT molecular complexity index is 1500. The van der Waals surface area contributed by atoms with E-state index in [-0.39, 0.29) is 17.5 Å². The predicted octanol–water partition coefficient (Wildman–Crippen LogP) is 8.04. The lowest BCUT2D eigenvalue weighted by molar-refractivity contribution is -0.117. The molecular weight excluding hydrogens is 578 g/mol. The van der Waals surface area contributed by atoms with E-state index in [1.165, 1.54) is 5.56 Å². The highest BCUT2D eigenvalue weighted by atomic mass is 79.9. The molecule has 5 nitrogen and oxygen atoms in total. The average molecular weight is 613 g/mol. The monoisotopic (exact) mass is 611 g/mol. The molecule has 0 aromatic heterocycles. The number of nitrogens with zero attached hydrogens (tertiary/aromatic N) is 1. The zero-order valence-electron chi connectivity index (χ0n) is 23.3. The molecule has 3 aromatic carbocycles. The summed E-state index contributed by atoms with van der Waals surface area (Å²) >= 11 is 3.60. The number of benzene rings is 3. The lowest BCUT2D eigenvalue weighted by atomic mass is 9.71. The normalized spacial score (nSPS) is 17.5. The molecule has 0 unspecified atom stereocenters. The lowest BCUT2D eigenvalue weighted by Gasteiger charge is -2.44. The number of carbonyl (C=O) groups is 2. The second-order valence-corrected chi connectivity index (χ2v) is 11.7. The number of Topliss-reactive ketones (excluding diaryl/α,β-unsaturated/α-hetero) is 2. The summed E-state index contributed by atoms with van der Waals surface area (Å²) in [6.45, 7) is 3.48. The largest absolute Gasteiger partial charge is 0.490 e. The van der Waals surface area contributed by atoms with Crippen LogP contribution in [0.2, 0.25) is 0 Å². The highest BCUT2D eigenvalue weighted by Gasteiger charge is 2.43. The van der Waals surface area contributed by atoms with Gasteiger partial charge in [-0.15, -0.1) is 0 Å². The number of ketones is 2. The Hall–Kier alpha value is -3.64. The molecule has 41 heavy (non-hydrogen) atoms. The third kappa shape index (κ3) is 5.50. The first-order chi connectivity index (χ1) is 20.0. The van der Waals surface area contributed by atoms with Crippen LogP contribution in [0.3, 0.4) is 0 Å². The van der Waals surface area contributed by atoms with Crippen molar-refractivity contribution in [1.29, 1.82) is 0 Å². The van der Waals surface area contributed by atoms with Crippen molar-refractivity contribution in [2.75, 3.05) is 6.61 Å². The first-order valence-electron chi connectivity index (χ1n) is 14.5. The molecule has 0 saturated heterocycles. The van der Waals surface area contributed by atoms with E-state index in [1.54, 1.807) is 0 Å². The number of ether oxygens (including phenoxy) is 2. The fourth-order valence-corrected chi connectivity index (χ4v) is 6.77. The Morgan fingerprint density at radius 1 is 0.780 bits per heavy atom. The molecule has 0 N–H and O–H groups in total. The molecule has 1 aliphatic heterocycles. The van der Waals surface area contributed by atoms with E-state index in [9.17, 15) is 9.59 Å². The summed E-state index contributed by atoms with van der Waals surface area (Å²) in [7, 11) is 0. The molecule has 0 radical (unpaired) electrons. The van der Waals surface area contributed by atoms with Crippen LogP contribution in [0, 0.1) is 0 Å². The van der Waals surface area contributed by atoms with Gasteiger partial charge in [-0.1, -0.05) is 70.5 Å². The quantitative estimate of drug-likeness (QED) is 0.258. The highest BCUT2D eigenvalue weighted by molar-refractivity contribution is 9.10. The Balaban J connectivity index is 1.43. The van der Waals surface area contributed by atoms with Crippen molar-refractivity contribution in [3.8, 4) is 11.5 Å². The summed E-state index contributed by atoms with van der Waals surface area (Å²) < 4.78 is 13.3. The van der Waals surface area contributed by atoms with Gasteiger partial charge in [0.25, 0.3) is 0 Å². The minimum atomic E-state index is -0.385. The van der Waals surface area contributed by atoms with Crippen molar-refractivity contribution in [1.82, 2.24) is 4.90 Å². The van der Waals surface area contributed by atoms with Gasteiger partial charge in [0.1, 0.15) is 6.61 Å². The summed E-state index contributed by atoms with van der Waals surface area (Å²) in [5.74, 6) is 1.17. The molecule has 0 amide bonds. The summed E-state index contributed by atoms with van der Waals surface area (Å²) in [6, 6.07) is 24.2. The van der Waals surface area contributed by atoms with E-state index in [4.69, 9.17) is 9.47 Å². The van der Waals surface area contributed by atoms with E-state index in [2.05, 4.69) is 33.0 Å². The van der Waals surface area contributed by atoms with Gasteiger partial charge in [0.2, 0.25) is 0 Å². The Kier molecular flexibility index (Phi) is 8.11. The molecule has 0 atom stereocenters. The first-order valence-corrected chi connectivity index (χ1v) is 15.3. The molecule has 0 saturated carbocycles. The van der Waals surface area contributed by atoms with Gasteiger partial charge in [0, 0.05) is 57.9 Å². The van der Waals surface area contributed by atoms with Gasteiger partial charge in [-0.3, -0.25) is 9.59 Å². The standard InChI is InChI=1S/C35H34BrNO4/c1-2-40-32-20-24(18-19-31(32)41-22-25-12-6-7-13-26(25)36)33-34-27(14-8-16-29(34)38)37(21-23-10-4-3-5-11-23)28-15-9-17-30(39)35(28)33/h3-7,10-13,18-20,33H,2,8-9,14-17,21-22H2,1H3. The van der Waals surface area contributed by atoms with E-state index in [1.807, 2.05) is 67.6 Å². The van der Waals surface area contributed by atoms with Crippen LogP contribution in [0.5, 0.6) is 11.5 Å². The molecule has 3 aliphatic rings. The molecule has 6 rings (SSSR count). The van der Waals surface area contributed by atoms with E-state index < -0.39 is 0 Å². The molecule has 1 heterocycles. The van der Waals surface area contributed by atoms with Crippen LogP contribution in [0.1, 0.15) is 68.1 Å². The van der Waals surface area contributed by atoms with Gasteiger partial charge in [0.05, 0.1) is 6.61 Å². The molecule has 0 fully saturated rings. The summed E-state index contributed by atoms with van der Waals surface area (Å²) in [6.07, 6.45) is 4.35. The molecule has 0 spiro atoms. The topological polar surface area (TPSA) is 55.8 Å². The fraction of sp³-hybridized carbons (Fsp3) is 0.314. The predicted molar refractivity (Wildman–Crippen MR) is 163 cm³/mol. The summed E-state index contributed by atoms with van der Waals surface area (Å²) in [4.78, 5) is 29.7. The summed E-state index contributed by atoms with van der Waals surface area (Å²) in [5.41, 5.74) is 6.84. The third-order valence-corrected chi connectivity index (χ3v) is 8.99. The fourth-order valence-electron chi connectivity index (χ4n) is 6.37. The van der Waals surface area contributed by atoms with Crippen molar-refractivity contribution >= 4 is 27.5 Å². The van der Waals surface area contributed by atoms with Gasteiger partial charge in [-0.2, -0.15) is 0 Å². The molecule has 6 heteroatoms. The zero-order valence-corrected chi connectivity index (χ0v) is 24.9. The van der Waals surface area contributed by atoms with Crippen molar-refractivity contribution < 1.29 is 19.1 Å². The van der Waals surface area contributed by atoms with Gasteiger partial charge in [0.15, 0.2) is 23.1 Å². The van der Waals surface area contributed by atoms with Gasteiger partial charge in [-0.25, -0.2) is 0 Å². The van der Waals surface area contributed by atoms with E-state index in [0.29, 0.717) is 44.1 Å². The van der Waals surface area contributed by atoms with Crippen molar-refractivity contribution in [2.24, 2.45) is 0 Å². The second-order valence-electron chi connectivity index (χ2n) is 10.8. The Labute approximate surface area is 250 Å². The van der Waals surface area contributed by atoms with E-state index >= 15 is 0 Å². The maximum Gasteiger partial charge on any atom is 0.161 e. The molecule has 2 aliphatic carbocycles. The summed E-state index contributed by atoms with van der Waals surface area (Å²) in [5, 5.41) is 0. The minimum Gasteiger partial charge on any atom is -0.490 e. The van der Waals surface area contributed by atoms with Crippen LogP contribution in [0.15, 0.2) is 99.8 Å². The minimum absolute atomic E-state index is 0.145.